The third-order valence-electron chi connectivity index (χ3n) is 5.66. The van der Waals surface area contributed by atoms with Crippen molar-refractivity contribution in [2.24, 2.45) is 4.99 Å². The zero-order chi connectivity index (χ0) is 19.8. The predicted molar refractivity (Wildman–Crippen MR) is 130 cm³/mol. The number of benzene rings is 1. The van der Waals surface area contributed by atoms with Crippen LogP contribution in [0.1, 0.15) is 38.5 Å². The van der Waals surface area contributed by atoms with E-state index in [0.717, 1.165) is 38.4 Å². The molecule has 1 aliphatic heterocycles. The van der Waals surface area contributed by atoms with Gasteiger partial charge in [0.15, 0.2) is 5.96 Å². The number of carbonyl (C=O) groups excluding carboxylic acids is 1. The van der Waals surface area contributed by atoms with Gasteiger partial charge in [-0.1, -0.05) is 31.0 Å². The van der Waals surface area contributed by atoms with Crippen molar-refractivity contribution in [3.05, 3.63) is 30.3 Å². The number of thioether (sulfide) groups is 1. The first-order chi connectivity index (χ1) is 13.6. The molecule has 29 heavy (non-hydrogen) atoms. The van der Waals surface area contributed by atoms with Gasteiger partial charge in [-0.25, -0.2) is 4.79 Å². The monoisotopic (exact) mass is 532 g/mol. The number of methoxy groups -OCH3 is 1. The van der Waals surface area contributed by atoms with Crippen LogP contribution in [0.15, 0.2) is 40.2 Å². The number of likely N-dealkylation sites (tertiary alicyclic amines) is 1. The summed E-state index contributed by atoms with van der Waals surface area (Å²) in [5.74, 6) is 0.858. The lowest BCUT2D eigenvalue weighted by Gasteiger charge is -2.33. The molecule has 6 nitrogen and oxygen atoms in total. The van der Waals surface area contributed by atoms with Gasteiger partial charge in [0, 0.05) is 42.4 Å². The van der Waals surface area contributed by atoms with Crippen LogP contribution in [-0.4, -0.2) is 61.5 Å². The maximum absolute atomic E-state index is 11.6. The Hall–Kier alpha value is -1.16. The molecule has 2 aliphatic rings. The fourth-order valence-corrected chi connectivity index (χ4v) is 5.47. The molecule has 1 amide bonds. The van der Waals surface area contributed by atoms with Crippen LogP contribution in [-0.2, 0) is 4.74 Å². The van der Waals surface area contributed by atoms with E-state index in [1.165, 1.54) is 37.7 Å². The van der Waals surface area contributed by atoms with E-state index >= 15 is 0 Å². The Kier molecular flexibility index (Phi) is 9.88. The highest BCUT2D eigenvalue weighted by atomic mass is 127. The van der Waals surface area contributed by atoms with Gasteiger partial charge in [-0.3, -0.25) is 4.99 Å². The number of hydrogen-bond donors (Lipinski definition) is 2. The first-order valence-electron chi connectivity index (χ1n) is 10.2. The molecule has 1 saturated heterocycles. The molecule has 162 valence electrons. The summed E-state index contributed by atoms with van der Waals surface area (Å²) in [4.78, 5) is 19.2. The minimum Gasteiger partial charge on any atom is -0.453 e. The van der Waals surface area contributed by atoms with Crippen LogP contribution < -0.4 is 10.6 Å². The first kappa shape index (κ1) is 24.1. The topological polar surface area (TPSA) is 66.0 Å². The Labute approximate surface area is 195 Å². The molecule has 0 aromatic heterocycles. The Morgan fingerprint density at radius 1 is 1.24 bits per heavy atom. The van der Waals surface area contributed by atoms with Gasteiger partial charge in [-0.15, -0.1) is 35.7 Å². The summed E-state index contributed by atoms with van der Waals surface area (Å²) in [7, 11) is 3.26. The lowest BCUT2D eigenvalue weighted by molar-refractivity contribution is 0.111. The number of nitrogens with zero attached hydrogens (tertiary/aromatic N) is 2. The van der Waals surface area contributed by atoms with Crippen molar-refractivity contribution < 1.29 is 9.53 Å². The molecule has 2 fully saturated rings. The van der Waals surface area contributed by atoms with Crippen LogP contribution in [0.2, 0.25) is 0 Å². The zero-order valence-corrected chi connectivity index (χ0v) is 20.5. The normalized spacial score (nSPS) is 19.4. The van der Waals surface area contributed by atoms with Gasteiger partial charge in [-0.05, 0) is 37.8 Å². The maximum Gasteiger partial charge on any atom is 0.409 e. The van der Waals surface area contributed by atoms with E-state index in [1.54, 1.807) is 4.90 Å². The zero-order valence-electron chi connectivity index (χ0n) is 17.4. The SMILES string of the molecule is CN=C(NCC1(Sc2ccccc2)CCCC1)NC1CCN(C(=O)OC)CC1.I. The minimum atomic E-state index is -0.234. The number of ether oxygens (including phenoxy) is 1. The Morgan fingerprint density at radius 2 is 1.90 bits per heavy atom. The number of nitrogens with one attached hydrogen (secondary N) is 2. The van der Waals surface area contributed by atoms with Gasteiger partial charge in [0.05, 0.1) is 7.11 Å². The average molecular weight is 532 g/mol. The first-order valence-corrected chi connectivity index (χ1v) is 11.0. The molecule has 2 N–H and O–H groups in total. The highest BCUT2D eigenvalue weighted by Crippen LogP contribution is 2.44. The molecule has 8 heteroatoms. The van der Waals surface area contributed by atoms with Gasteiger partial charge in [0.25, 0.3) is 0 Å². The number of carbonyl (C=O) groups is 1. The molecule has 0 bridgehead atoms. The van der Waals surface area contributed by atoms with Gasteiger partial charge in [0.1, 0.15) is 0 Å². The molecule has 0 radical (unpaired) electrons. The number of rotatable bonds is 5. The number of guanidine groups is 1. The summed E-state index contributed by atoms with van der Waals surface area (Å²) in [6.07, 6.45) is 6.61. The lowest BCUT2D eigenvalue weighted by atomic mass is 10.1. The second kappa shape index (κ2) is 11.9. The van der Waals surface area contributed by atoms with E-state index in [9.17, 15) is 4.79 Å². The molecular weight excluding hydrogens is 499 g/mol. The molecule has 0 spiro atoms. The van der Waals surface area contributed by atoms with E-state index in [1.807, 2.05) is 18.8 Å². The van der Waals surface area contributed by atoms with Crippen molar-refractivity contribution in [1.82, 2.24) is 15.5 Å². The standard InChI is InChI=1S/C21H32N4O2S.HI/c1-22-19(24-17-10-14-25(15-11-17)20(26)27-2)23-16-21(12-6-7-13-21)28-18-8-4-3-5-9-18;/h3-5,8-9,17H,6-7,10-16H2,1-2H3,(H2,22,23,24);1H. The molecule has 1 saturated carbocycles. The minimum absolute atomic E-state index is 0. The smallest absolute Gasteiger partial charge is 0.409 e. The number of piperidine rings is 1. The quantitative estimate of drug-likeness (QED) is 0.340. The van der Waals surface area contributed by atoms with E-state index in [2.05, 4.69) is 46.0 Å². The fraction of sp³-hybridized carbons (Fsp3) is 0.619. The summed E-state index contributed by atoms with van der Waals surface area (Å²) in [6.45, 7) is 2.34. The Morgan fingerprint density at radius 3 is 2.48 bits per heavy atom. The van der Waals surface area contributed by atoms with Crippen molar-refractivity contribution in [3.8, 4) is 0 Å². The third kappa shape index (κ3) is 6.94. The number of aliphatic imine (C=N–C) groups is 1. The van der Waals surface area contributed by atoms with Gasteiger partial charge >= 0.3 is 6.09 Å². The summed E-state index contributed by atoms with van der Waals surface area (Å²) in [5, 5.41) is 7.12. The van der Waals surface area contributed by atoms with Crippen molar-refractivity contribution in [2.75, 3.05) is 33.8 Å². The maximum atomic E-state index is 11.6. The summed E-state index contributed by atoms with van der Waals surface area (Å²) < 4.78 is 5.04. The van der Waals surface area contributed by atoms with Crippen LogP contribution in [0.4, 0.5) is 4.79 Å². The summed E-state index contributed by atoms with van der Waals surface area (Å²) >= 11 is 2.00. The number of amides is 1. The predicted octanol–water partition coefficient (Wildman–Crippen LogP) is 4.11. The highest BCUT2D eigenvalue weighted by molar-refractivity contribution is 14.0. The second-order valence-corrected chi connectivity index (χ2v) is 9.15. The number of halogens is 1. The largest absolute Gasteiger partial charge is 0.453 e. The van der Waals surface area contributed by atoms with E-state index in [-0.39, 0.29) is 34.8 Å². The van der Waals surface area contributed by atoms with Crippen molar-refractivity contribution in [3.63, 3.8) is 0 Å². The van der Waals surface area contributed by atoms with Crippen LogP contribution >= 0.6 is 35.7 Å². The second-order valence-electron chi connectivity index (χ2n) is 7.61. The molecule has 1 aromatic rings. The van der Waals surface area contributed by atoms with Crippen molar-refractivity contribution in [1.29, 1.82) is 0 Å². The molecule has 1 aliphatic carbocycles. The van der Waals surface area contributed by atoms with Gasteiger partial charge in [-0.2, -0.15) is 0 Å². The summed E-state index contributed by atoms with van der Waals surface area (Å²) in [6, 6.07) is 11.0. The molecule has 3 rings (SSSR count). The van der Waals surface area contributed by atoms with Crippen LogP contribution in [0, 0.1) is 0 Å². The fourth-order valence-electron chi connectivity index (χ4n) is 4.04. The van der Waals surface area contributed by atoms with Gasteiger partial charge in [0.2, 0.25) is 0 Å². The van der Waals surface area contributed by atoms with Crippen molar-refractivity contribution in [2.45, 2.75) is 54.2 Å². The molecule has 1 aromatic carbocycles. The summed E-state index contributed by atoms with van der Waals surface area (Å²) in [5.41, 5.74) is 0. The van der Waals surface area contributed by atoms with Crippen LogP contribution in [0.5, 0.6) is 0 Å². The third-order valence-corrected chi connectivity index (χ3v) is 7.16. The highest BCUT2D eigenvalue weighted by Gasteiger charge is 2.35. The van der Waals surface area contributed by atoms with Crippen molar-refractivity contribution >= 4 is 47.8 Å². The molecule has 0 atom stereocenters. The average Bonchev–Trinajstić information content (AvgIpc) is 3.20. The molecular formula is C21H33IN4O2S. The van der Waals surface area contributed by atoms with Crippen LogP contribution in [0.3, 0.4) is 0 Å². The van der Waals surface area contributed by atoms with Gasteiger partial charge < -0.3 is 20.3 Å². The van der Waals surface area contributed by atoms with E-state index in [0.29, 0.717) is 6.04 Å². The Bertz CT molecular complexity index is 660. The lowest BCUT2D eigenvalue weighted by Crippen LogP contribution is -2.51. The van der Waals surface area contributed by atoms with E-state index < -0.39 is 0 Å². The molecule has 1 heterocycles. The van der Waals surface area contributed by atoms with Crippen LogP contribution in [0.25, 0.3) is 0 Å². The Balaban J connectivity index is 0.00000300. The number of hydrogen-bond acceptors (Lipinski definition) is 4. The van der Waals surface area contributed by atoms with E-state index in [4.69, 9.17) is 4.74 Å². The molecule has 0 unspecified atom stereocenters.